The van der Waals surface area contributed by atoms with Crippen molar-refractivity contribution < 1.29 is 4.74 Å². The topological polar surface area (TPSA) is 65.4 Å². The van der Waals surface area contributed by atoms with Gasteiger partial charge in [0, 0.05) is 10.6 Å². The minimum absolute atomic E-state index is 0.347. The molecule has 2 N–H and O–H groups in total. The van der Waals surface area contributed by atoms with E-state index in [1.54, 1.807) is 18.5 Å². The predicted octanol–water partition coefficient (Wildman–Crippen LogP) is 3.49. The van der Waals surface area contributed by atoms with E-state index in [2.05, 4.69) is 17.0 Å². The van der Waals surface area contributed by atoms with Crippen LogP contribution in [0.4, 0.5) is 5.95 Å². The molecule has 0 spiro atoms. The molecule has 0 aliphatic heterocycles. The van der Waals surface area contributed by atoms with E-state index in [9.17, 15) is 0 Å². The van der Waals surface area contributed by atoms with Crippen LogP contribution in [0.5, 0.6) is 5.75 Å². The lowest BCUT2D eigenvalue weighted by Crippen LogP contribution is -2.01. The van der Waals surface area contributed by atoms with Crippen molar-refractivity contribution in [2.45, 2.75) is 26.7 Å². The Morgan fingerprint density at radius 2 is 2.29 bits per heavy atom. The number of nitrogens with two attached hydrogens (primary N) is 1. The van der Waals surface area contributed by atoms with Crippen molar-refractivity contribution in [3.63, 3.8) is 0 Å². The van der Waals surface area contributed by atoms with E-state index in [0.29, 0.717) is 17.6 Å². The normalized spacial score (nSPS) is 11.2. The van der Waals surface area contributed by atoms with E-state index in [-0.39, 0.29) is 0 Å². The summed E-state index contributed by atoms with van der Waals surface area (Å²) in [5.74, 6) is 1.10. The molecule has 0 amide bonds. The Morgan fingerprint density at radius 3 is 2.95 bits per heavy atom. The average Bonchev–Trinajstić information content (AvgIpc) is 2.77. The maximum Gasteiger partial charge on any atom is 0.221 e. The smallest absolute Gasteiger partial charge is 0.221 e. The van der Waals surface area contributed by atoms with Gasteiger partial charge < -0.3 is 10.5 Å². The lowest BCUT2D eigenvalue weighted by molar-refractivity contribution is 0.309. The summed E-state index contributed by atoms with van der Waals surface area (Å²) in [6.45, 7) is 4.66. The summed E-state index contributed by atoms with van der Waals surface area (Å²) in [5.41, 5.74) is 7.38. The maximum atomic E-state index is 6.03. The standard InChI is InChI=1S/C15H19ClN4O/c1-3-4-7-21-14-6-5-13(16)8-12(14)9-18-20-10-11(2)19-15(20)17/h5-6,8-10H,3-4,7H2,1-2H3,(H2,17,19). The third-order valence-corrected chi connectivity index (χ3v) is 3.12. The SMILES string of the molecule is CCCCOc1ccc(Cl)cc1C=Nn1cc(C)nc1N. The van der Waals surface area contributed by atoms with Gasteiger partial charge in [-0.2, -0.15) is 5.10 Å². The first-order valence-electron chi connectivity index (χ1n) is 6.88. The fraction of sp³-hybridized carbons (Fsp3) is 0.333. The van der Waals surface area contributed by atoms with Crippen LogP contribution in [0.3, 0.4) is 0 Å². The zero-order chi connectivity index (χ0) is 15.2. The molecule has 6 heteroatoms. The van der Waals surface area contributed by atoms with Crippen LogP contribution < -0.4 is 10.5 Å². The molecule has 112 valence electrons. The second kappa shape index (κ2) is 7.13. The molecule has 0 aliphatic rings. The summed E-state index contributed by atoms with van der Waals surface area (Å²) >= 11 is 6.03. The van der Waals surface area contributed by atoms with Crippen LogP contribution in [-0.4, -0.2) is 22.5 Å². The van der Waals surface area contributed by atoms with Crippen LogP contribution in [0.2, 0.25) is 5.02 Å². The molecule has 1 heterocycles. The highest BCUT2D eigenvalue weighted by Gasteiger charge is 2.04. The van der Waals surface area contributed by atoms with Gasteiger partial charge in [0.1, 0.15) is 5.75 Å². The van der Waals surface area contributed by atoms with Gasteiger partial charge >= 0.3 is 0 Å². The largest absolute Gasteiger partial charge is 0.493 e. The number of unbranched alkanes of at least 4 members (excludes halogenated alkanes) is 1. The molecule has 0 bridgehead atoms. The summed E-state index contributed by atoms with van der Waals surface area (Å²) in [6.07, 6.45) is 5.52. The van der Waals surface area contributed by atoms with Crippen LogP contribution >= 0.6 is 11.6 Å². The molecule has 0 saturated carbocycles. The Hall–Kier alpha value is -2.01. The van der Waals surface area contributed by atoms with Crippen LogP contribution in [-0.2, 0) is 0 Å². The molecule has 0 fully saturated rings. The van der Waals surface area contributed by atoms with E-state index in [1.165, 1.54) is 4.68 Å². The van der Waals surface area contributed by atoms with Crippen molar-refractivity contribution in [2.75, 3.05) is 12.3 Å². The molecular formula is C15H19ClN4O. The number of nitrogen functional groups attached to an aromatic ring is 1. The van der Waals surface area contributed by atoms with Crippen LogP contribution in [0, 0.1) is 6.92 Å². The van der Waals surface area contributed by atoms with E-state index in [1.807, 2.05) is 19.1 Å². The van der Waals surface area contributed by atoms with Crippen molar-refractivity contribution >= 4 is 23.8 Å². The minimum atomic E-state index is 0.347. The summed E-state index contributed by atoms with van der Waals surface area (Å²) < 4.78 is 7.27. The molecule has 21 heavy (non-hydrogen) atoms. The van der Waals surface area contributed by atoms with E-state index >= 15 is 0 Å². The second-order valence-electron chi connectivity index (χ2n) is 4.71. The van der Waals surface area contributed by atoms with Crippen molar-refractivity contribution in [3.8, 4) is 5.75 Å². The molecule has 2 aromatic rings. The fourth-order valence-electron chi connectivity index (χ4n) is 1.80. The van der Waals surface area contributed by atoms with E-state index in [4.69, 9.17) is 22.1 Å². The Balaban J connectivity index is 2.21. The van der Waals surface area contributed by atoms with Gasteiger partial charge in [-0.1, -0.05) is 24.9 Å². The van der Waals surface area contributed by atoms with Crippen LogP contribution in [0.1, 0.15) is 31.0 Å². The molecule has 1 aromatic heterocycles. The maximum absolute atomic E-state index is 6.03. The van der Waals surface area contributed by atoms with Gasteiger partial charge in [0.15, 0.2) is 0 Å². The summed E-state index contributed by atoms with van der Waals surface area (Å²) in [4.78, 5) is 4.09. The first-order valence-corrected chi connectivity index (χ1v) is 7.26. The molecule has 0 atom stereocenters. The summed E-state index contributed by atoms with van der Waals surface area (Å²) in [5, 5.41) is 4.93. The minimum Gasteiger partial charge on any atom is -0.493 e. The number of rotatable bonds is 6. The summed E-state index contributed by atoms with van der Waals surface area (Å²) in [7, 11) is 0. The zero-order valence-electron chi connectivity index (χ0n) is 12.2. The Labute approximate surface area is 129 Å². The van der Waals surface area contributed by atoms with Gasteiger partial charge in [-0.3, -0.25) is 0 Å². The predicted molar refractivity (Wildman–Crippen MR) is 86.2 cm³/mol. The van der Waals surface area contributed by atoms with Gasteiger partial charge in [0.05, 0.1) is 24.7 Å². The van der Waals surface area contributed by atoms with Gasteiger partial charge in [0.25, 0.3) is 0 Å². The summed E-state index contributed by atoms with van der Waals surface area (Å²) in [6, 6.07) is 5.46. The van der Waals surface area contributed by atoms with E-state index < -0.39 is 0 Å². The first-order chi connectivity index (χ1) is 10.1. The number of nitrogens with zero attached hydrogens (tertiary/aromatic N) is 3. The van der Waals surface area contributed by atoms with Crippen molar-refractivity contribution in [1.29, 1.82) is 0 Å². The molecule has 5 nitrogen and oxygen atoms in total. The van der Waals surface area contributed by atoms with E-state index in [0.717, 1.165) is 29.8 Å². The molecule has 0 radical (unpaired) electrons. The lowest BCUT2D eigenvalue weighted by Gasteiger charge is -2.08. The van der Waals surface area contributed by atoms with Crippen molar-refractivity contribution in [2.24, 2.45) is 5.10 Å². The fourth-order valence-corrected chi connectivity index (χ4v) is 1.98. The monoisotopic (exact) mass is 306 g/mol. The molecule has 1 aromatic carbocycles. The Morgan fingerprint density at radius 1 is 1.48 bits per heavy atom. The molecular weight excluding hydrogens is 288 g/mol. The molecule has 2 rings (SSSR count). The van der Waals surface area contributed by atoms with Crippen molar-refractivity contribution in [1.82, 2.24) is 9.66 Å². The number of anilines is 1. The van der Waals surface area contributed by atoms with Crippen molar-refractivity contribution in [3.05, 3.63) is 40.7 Å². The highest BCUT2D eigenvalue weighted by molar-refractivity contribution is 6.30. The lowest BCUT2D eigenvalue weighted by atomic mass is 10.2. The quantitative estimate of drug-likeness (QED) is 0.656. The Kier molecular flexibility index (Phi) is 5.22. The number of halogens is 1. The number of imidazole rings is 1. The van der Waals surface area contributed by atoms with Crippen LogP contribution in [0.15, 0.2) is 29.5 Å². The number of aromatic nitrogens is 2. The first kappa shape index (κ1) is 15.4. The second-order valence-corrected chi connectivity index (χ2v) is 5.15. The number of benzene rings is 1. The molecule has 0 unspecified atom stereocenters. The highest BCUT2D eigenvalue weighted by Crippen LogP contribution is 2.22. The zero-order valence-corrected chi connectivity index (χ0v) is 13.0. The highest BCUT2D eigenvalue weighted by atomic mass is 35.5. The molecule has 0 aliphatic carbocycles. The Bertz CT molecular complexity index is 637. The third kappa shape index (κ3) is 4.23. The van der Waals surface area contributed by atoms with Gasteiger partial charge in [-0.15, -0.1) is 0 Å². The third-order valence-electron chi connectivity index (χ3n) is 2.88. The number of ether oxygens (including phenoxy) is 1. The average molecular weight is 307 g/mol. The van der Waals surface area contributed by atoms with Crippen LogP contribution in [0.25, 0.3) is 0 Å². The number of hydrogen-bond acceptors (Lipinski definition) is 4. The van der Waals surface area contributed by atoms with Gasteiger partial charge in [0.2, 0.25) is 5.95 Å². The molecule has 0 saturated heterocycles. The number of hydrogen-bond donors (Lipinski definition) is 1. The number of aryl methyl sites for hydroxylation is 1. The van der Waals surface area contributed by atoms with Gasteiger partial charge in [-0.05, 0) is 31.5 Å². The van der Waals surface area contributed by atoms with Gasteiger partial charge in [-0.25, -0.2) is 9.66 Å².